The fourth-order valence-corrected chi connectivity index (χ4v) is 2.14. The molecule has 1 amide bonds. The Hall–Kier alpha value is -1.53. The Morgan fingerprint density at radius 2 is 1.67 bits per heavy atom. The van der Waals surface area contributed by atoms with Crippen LogP contribution in [0.4, 0.5) is 5.69 Å². The molecule has 0 unspecified atom stereocenters. The molecule has 1 aliphatic rings. The van der Waals surface area contributed by atoms with Crippen LogP contribution in [0, 0.1) is 0 Å². The lowest BCUT2D eigenvalue weighted by Gasteiger charge is -2.35. The van der Waals surface area contributed by atoms with Crippen LogP contribution in [0.2, 0.25) is 0 Å². The van der Waals surface area contributed by atoms with Crippen LogP contribution < -0.4 is 10.4 Å². The first kappa shape index (κ1) is 12.9. The molecule has 6 heteroatoms. The van der Waals surface area contributed by atoms with Gasteiger partial charge in [-0.2, -0.15) is 0 Å². The lowest BCUT2D eigenvalue weighted by Crippen LogP contribution is -2.48. The van der Waals surface area contributed by atoms with Crippen molar-refractivity contribution in [2.75, 3.05) is 31.1 Å². The van der Waals surface area contributed by atoms with E-state index in [9.17, 15) is 4.79 Å². The molecule has 0 aliphatic carbocycles. The van der Waals surface area contributed by atoms with Crippen molar-refractivity contribution in [1.82, 2.24) is 4.90 Å². The molecule has 0 aromatic heterocycles. The zero-order valence-corrected chi connectivity index (χ0v) is 10.4. The maximum absolute atomic E-state index is 11.2. The van der Waals surface area contributed by atoms with E-state index in [1.54, 1.807) is 19.1 Å². The van der Waals surface area contributed by atoms with Crippen molar-refractivity contribution in [3.8, 4) is 0 Å². The van der Waals surface area contributed by atoms with E-state index in [1.807, 2.05) is 17.0 Å². The molecular formula is C12H17BN2O3. The van der Waals surface area contributed by atoms with Crippen LogP contribution in [-0.2, 0) is 4.79 Å². The third-order valence-corrected chi connectivity index (χ3v) is 3.28. The first-order valence-corrected chi connectivity index (χ1v) is 6.04. The molecular weight excluding hydrogens is 231 g/mol. The van der Waals surface area contributed by atoms with Gasteiger partial charge in [-0.25, -0.2) is 0 Å². The maximum atomic E-state index is 11.2. The van der Waals surface area contributed by atoms with Gasteiger partial charge in [0.15, 0.2) is 0 Å². The largest absolute Gasteiger partial charge is 0.488 e. The zero-order chi connectivity index (χ0) is 13.1. The third kappa shape index (κ3) is 2.83. The van der Waals surface area contributed by atoms with E-state index in [4.69, 9.17) is 10.0 Å². The number of piperazine rings is 1. The summed E-state index contributed by atoms with van der Waals surface area (Å²) >= 11 is 0. The average molecular weight is 248 g/mol. The van der Waals surface area contributed by atoms with Gasteiger partial charge in [-0.15, -0.1) is 0 Å². The summed E-state index contributed by atoms with van der Waals surface area (Å²) in [5, 5.41) is 18.0. The van der Waals surface area contributed by atoms with Gasteiger partial charge in [-0.3, -0.25) is 4.79 Å². The highest BCUT2D eigenvalue weighted by molar-refractivity contribution is 6.58. The van der Waals surface area contributed by atoms with E-state index < -0.39 is 7.12 Å². The molecule has 0 saturated carbocycles. The fraction of sp³-hybridized carbons (Fsp3) is 0.417. The second-order valence-corrected chi connectivity index (χ2v) is 4.46. The Morgan fingerprint density at radius 3 is 2.11 bits per heavy atom. The molecule has 2 N–H and O–H groups in total. The van der Waals surface area contributed by atoms with Crippen LogP contribution >= 0.6 is 0 Å². The van der Waals surface area contributed by atoms with Crippen molar-refractivity contribution in [2.45, 2.75) is 6.92 Å². The molecule has 0 spiro atoms. The summed E-state index contributed by atoms with van der Waals surface area (Å²) in [5.74, 6) is 0.119. The molecule has 0 bridgehead atoms. The molecule has 1 aromatic rings. The predicted molar refractivity (Wildman–Crippen MR) is 70.7 cm³/mol. The second kappa shape index (κ2) is 5.41. The Balaban J connectivity index is 1.99. The number of carbonyl (C=O) groups excluding carboxylic acids is 1. The molecule has 18 heavy (non-hydrogen) atoms. The molecule has 0 radical (unpaired) electrons. The number of hydrogen-bond donors (Lipinski definition) is 2. The van der Waals surface area contributed by atoms with Crippen molar-refractivity contribution in [3.63, 3.8) is 0 Å². The lowest BCUT2D eigenvalue weighted by molar-refractivity contribution is -0.129. The number of carbonyl (C=O) groups is 1. The van der Waals surface area contributed by atoms with Gasteiger partial charge in [0.1, 0.15) is 0 Å². The minimum absolute atomic E-state index is 0.119. The minimum atomic E-state index is -1.42. The van der Waals surface area contributed by atoms with Gasteiger partial charge in [0.25, 0.3) is 0 Å². The van der Waals surface area contributed by atoms with E-state index in [0.717, 1.165) is 31.9 Å². The van der Waals surface area contributed by atoms with Crippen LogP contribution in [-0.4, -0.2) is 54.2 Å². The highest BCUT2D eigenvalue weighted by atomic mass is 16.4. The first-order chi connectivity index (χ1) is 8.58. The van der Waals surface area contributed by atoms with Gasteiger partial charge >= 0.3 is 7.12 Å². The highest BCUT2D eigenvalue weighted by Gasteiger charge is 2.19. The topological polar surface area (TPSA) is 64.0 Å². The van der Waals surface area contributed by atoms with Crippen LogP contribution in [0.15, 0.2) is 24.3 Å². The predicted octanol–water partition coefficient (Wildman–Crippen LogP) is -0.965. The molecule has 1 heterocycles. The summed E-state index contributed by atoms with van der Waals surface area (Å²) in [6.45, 7) is 4.67. The summed E-state index contributed by atoms with van der Waals surface area (Å²) in [4.78, 5) is 15.2. The summed E-state index contributed by atoms with van der Waals surface area (Å²) in [6, 6.07) is 7.16. The molecule has 0 atom stereocenters. The summed E-state index contributed by atoms with van der Waals surface area (Å²) < 4.78 is 0. The van der Waals surface area contributed by atoms with Crippen molar-refractivity contribution in [1.29, 1.82) is 0 Å². The van der Waals surface area contributed by atoms with E-state index in [-0.39, 0.29) is 5.91 Å². The molecule has 1 aliphatic heterocycles. The van der Waals surface area contributed by atoms with E-state index in [1.165, 1.54) is 0 Å². The fourth-order valence-electron chi connectivity index (χ4n) is 2.14. The van der Waals surface area contributed by atoms with Crippen LogP contribution in [0.1, 0.15) is 6.92 Å². The van der Waals surface area contributed by atoms with Crippen molar-refractivity contribution in [3.05, 3.63) is 24.3 Å². The number of nitrogens with zero attached hydrogens (tertiary/aromatic N) is 2. The van der Waals surface area contributed by atoms with Crippen LogP contribution in [0.25, 0.3) is 0 Å². The summed E-state index contributed by atoms with van der Waals surface area (Å²) in [5.41, 5.74) is 1.53. The standard InChI is InChI=1S/C12H17BN2O3/c1-10(16)14-6-8-15(9-7-14)12-4-2-11(3-5-12)13(17)18/h2-5,17-18H,6-9H2,1H3. The van der Waals surface area contributed by atoms with Gasteiger partial charge in [-0.1, -0.05) is 12.1 Å². The molecule has 1 aromatic carbocycles. The number of rotatable bonds is 2. The van der Waals surface area contributed by atoms with Gasteiger partial charge < -0.3 is 19.8 Å². The molecule has 96 valence electrons. The third-order valence-electron chi connectivity index (χ3n) is 3.28. The number of benzene rings is 1. The van der Waals surface area contributed by atoms with Crippen LogP contribution in [0.5, 0.6) is 0 Å². The lowest BCUT2D eigenvalue weighted by atomic mass is 9.80. The van der Waals surface area contributed by atoms with Gasteiger partial charge in [0.05, 0.1) is 0 Å². The van der Waals surface area contributed by atoms with Crippen molar-refractivity contribution in [2.24, 2.45) is 0 Å². The first-order valence-electron chi connectivity index (χ1n) is 6.04. The van der Waals surface area contributed by atoms with Gasteiger partial charge in [0, 0.05) is 38.8 Å². The quantitative estimate of drug-likeness (QED) is 0.661. The normalized spacial score (nSPS) is 15.7. The van der Waals surface area contributed by atoms with E-state index in [2.05, 4.69) is 4.90 Å². The second-order valence-electron chi connectivity index (χ2n) is 4.46. The SMILES string of the molecule is CC(=O)N1CCN(c2ccc(B(O)O)cc2)CC1. The Labute approximate surface area is 107 Å². The summed E-state index contributed by atoms with van der Waals surface area (Å²) in [7, 11) is -1.42. The van der Waals surface area contributed by atoms with Crippen molar-refractivity contribution >= 4 is 24.2 Å². The maximum Gasteiger partial charge on any atom is 0.488 e. The van der Waals surface area contributed by atoms with Gasteiger partial charge in [0.2, 0.25) is 5.91 Å². The number of amides is 1. The highest BCUT2D eigenvalue weighted by Crippen LogP contribution is 2.15. The van der Waals surface area contributed by atoms with E-state index >= 15 is 0 Å². The molecule has 5 nitrogen and oxygen atoms in total. The Morgan fingerprint density at radius 1 is 1.11 bits per heavy atom. The Bertz CT molecular complexity index is 414. The Kier molecular flexibility index (Phi) is 3.89. The van der Waals surface area contributed by atoms with Crippen molar-refractivity contribution < 1.29 is 14.8 Å². The number of anilines is 1. The van der Waals surface area contributed by atoms with Gasteiger partial charge in [-0.05, 0) is 17.6 Å². The molecule has 1 saturated heterocycles. The smallest absolute Gasteiger partial charge is 0.423 e. The average Bonchev–Trinajstić information content (AvgIpc) is 2.39. The minimum Gasteiger partial charge on any atom is -0.423 e. The van der Waals surface area contributed by atoms with Crippen LogP contribution in [0.3, 0.4) is 0 Å². The molecule has 2 rings (SSSR count). The molecule has 1 fully saturated rings. The number of hydrogen-bond acceptors (Lipinski definition) is 4. The zero-order valence-electron chi connectivity index (χ0n) is 10.4. The monoisotopic (exact) mass is 248 g/mol. The summed E-state index contributed by atoms with van der Waals surface area (Å²) in [6.07, 6.45) is 0. The van der Waals surface area contributed by atoms with E-state index in [0.29, 0.717) is 5.46 Å².